The first-order chi connectivity index (χ1) is 59.3. The molecular weight excluding hydrogens is 1470 g/mol. The van der Waals surface area contributed by atoms with Gasteiger partial charge >= 0.3 is 0 Å². The van der Waals surface area contributed by atoms with Crippen molar-refractivity contribution in [1.82, 2.24) is 27.4 Å². The first kappa shape index (κ1) is 69.6. The third kappa shape index (κ3) is 11.5. The molecule has 0 aliphatic rings. The minimum Gasteiger partial charge on any atom is -0.489 e. The lowest BCUT2D eigenvalue weighted by Gasteiger charge is -2.15. The molecule has 23 rings (SSSR count). The highest BCUT2D eigenvalue weighted by atomic mass is 16.5. The van der Waals surface area contributed by atoms with Gasteiger partial charge in [-0.25, -0.2) is 0 Å². The van der Waals surface area contributed by atoms with Crippen molar-refractivity contribution in [3.8, 4) is 62.5 Å². The largest absolute Gasteiger partial charge is 0.489 e. The van der Waals surface area contributed by atoms with Crippen molar-refractivity contribution >= 4 is 149 Å². The van der Waals surface area contributed by atoms with Crippen LogP contribution in [0.1, 0.15) is 33.4 Å². The zero-order chi connectivity index (χ0) is 79.6. The summed E-state index contributed by atoms with van der Waals surface area (Å²) in [5, 5.41) is 14.1. The van der Waals surface area contributed by atoms with E-state index in [1.807, 2.05) is 30.4 Å². The number of rotatable bonds is 19. The molecule has 6 aromatic heterocycles. The number of hydrogen-bond acceptors (Lipinski definition) is 3. The Morgan fingerprint density at radius 3 is 0.733 bits per heavy atom. The summed E-state index contributed by atoms with van der Waals surface area (Å²) >= 11 is 0. The Balaban J connectivity index is 0.650. The summed E-state index contributed by atoms with van der Waals surface area (Å²) in [4.78, 5) is 0. The molecule has 0 atom stereocenters. The topological polar surface area (TPSA) is 57.3 Å². The summed E-state index contributed by atoms with van der Waals surface area (Å²) in [6, 6.07) is 134. The second-order valence-corrected chi connectivity index (χ2v) is 31.2. The van der Waals surface area contributed by atoms with E-state index in [4.69, 9.17) is 14.2 Å². The predicted molar refractivity (Wildman–Crippen MR) is 501 cm³/mol. The van der Waals surface area contributed by atoms with Gasteiger partial charge in [0.25, 0.3) is 0 Å². The minimum absolute atomic E-state index is 0.369. The third-order valence-corrected chi connectivity index (χ3v) is 24.4. The summed E-state index contributed by atoms with van der Waals surface area (Å²) < 4.78 is 34.6. The van der Waals surface area contributed by atoms with Gasteiger partial charge in [-0.2, -0.15) is 0 Å². The average molecular weight is 1540 g/mol. The SMILES string of the molecule is C=Cc1ccc(COc2cccc(-n3c4ccc(-n5c6ccccc6c6ccccc65)cc4c4cc(-n5c6ccccc6c6cc(-c7ccc8c(c7)c7ccccc7n8-c7ccc8c(c7)c7cc(-n9c%10ccccc%10c%10ccccc%109)ccc7n8-c7cc(OCc8ccc(C=C)cc8)cc(OCc8ccc(C=C)cc8)c7)ccc65)ccc43)c2)cc1. The van der Waals surface area contributed by atoms with Gasteiger partial charge in [0.2, 0.25) is 0 Å². The van der Waals surface area contributed by atoms with E-state index in [9.17, 15) is 0 Å². The van der Waals surface area contributed by atoms with Gasteiger partial charge in [0, 0.05) is 117 Å². The van der Waals surface area contributed by atoms with Gasteiger partial charge in [0.1, 0.15) is 37.1 Å². The zero-order valence-electron chi connectivity index (χ0n) is 65.6. The number of hydrogen-bond donors (Lipinski definition) is 0. The van der Waals surface area contributed by atoms with Crippen LogP contribution in [0, 0.1) is 0 Å². The van der Waals surface area contributed by atoms with E-state index in [1.165, 1.54) is 54.1 Å². The van der Waals surface area contributed by atoms with E-state index in [-0.39, 0.29) is 0 Å². The first-order valence-corrected chi connectivity index (χ1v) is 40.8. The molecule has 568 valence electrons. The number of ether oxygens (including phenoxy) is 3. The first-order valence-electron chi connectivity index (χ1n) is 40.8. The van der Waals surface area contributed by atoms with Gasteiger partial charge in [-0.15, -0.1) is 0 Å². The highest BCUT2D eigenvalue weighted by Crippen LogP contribution is 2.46. The number of benzene rings is 17. The highest BCUT2D eigenvalue weighted by Gasteiger charge is 2.25. The maximum Gasteiger partial charge on any atom is 0.125 e. The van der Waals surface area contributed by atoms with Crippen LogP contribution in [0.15, 0.2) is 390 Å². The molecule has 0 amide bonds. The van der Waals surface area contributed by atoms with Crippen LogP contribution in [0.3, 0.4) is 0 Å². The summed E-state index contributed by atoms with van der Waals surface area (Å²) in [6.07, 6.45) is 5.59. The second-order valence-electron chi connectivity index (χ2n) is 31.2. The summed E-state index contributed by atoms with van der Waals surface area (Å²) in [5.41, 5.74) is 28.3. The summed E-state index contributed by atoms with van der Waals surface area (Å²) in [6.45, 7) is 13.1. The fraction of sp³-hybridized carbons (Fsp3) is 0.0270. The van der Waals surface area contributed by atoms with Crippen LogP contribution in [0.2, 0.25) is 0 Å². The van der Waals surface area contributed by atoms with Crippen LogP contribution in [0.25, 0.3) is 194 Å². The Morgan fingerprint density at radius 1 is 0.183 bits per heavy atom. The van der Waals surface area contributed by atoms with Gasteiger partial charge in [0.15, 0.2) is 0 Å². The fourth-order valence-corrected chi connectivity index (χ4v) is 18.7. The van der Waals surface area contributed by atoms with Crippen molar-refractivity contribution in [2.75, 3.05) is 0 Å². The Bertz CT molecular complexity index is 7980. The van der Waals surface area contributed by atoms with Crippen molar-refractivity contribution in [1.29, 1.82) is 0 Å². The monoisotopic (exact) mass is 1540 g/mol. The van der Waals surface area contributed by atoms with Crippen molar-refractivity contribution in [2.45, 2.75) is 19.8 Å². The molecule has 23 aromatic rings. The molecule has 0 aliphatic heterocycles. The highest BCUT2D eigenvalue weighted by molar-refractivity contribution is 6.18. The lowest BCUT2D eigenvalue weighted by atomic mass is 10.0. The van der Waals surface area contributed by atoms with Crippen LogP contribution < -0.4 is 14.2 Å². The van der Waals surface area contributed by atoms with Crippen LogP contribution in [0.4, 0.5) is 0 Å². The van der Waals surface area contributed by atoms with Gasteiger partial charge in [-0.3, -0.25) is 0 Å². The lowest BCUT2D eigenvalue weighted by molar-refractivity contribution is 0.290. The van der Waals surface area contributed by atoms with Crippen molar-refractivity contribution in [3.05, 3.63) is 423 Å². The van der Waals surface area contributed by atoms with Crippen LogP contribution >= 0.6 is 0 Å². The van der Waals surface area contributed by atoms with E-state index in [0.29, 0.717) is 31.3 Å². The molecule has 0 bridgehead atoms. The molecule has 0 saturated carbocycles. The van der Waals surface area contributed by atoms with Crippen molar-refractivity contribution in [2.24, 2.45) is 0 Å². The van der Waals surface area contributed by atoms with E-state index >= 15 is 0 Å². The smallest absolute Gasteiger partial charge is 0.125 e. The van der Waals surface area contributed by atoms with Crippen LogP contribution in [0.5, 0.6) is 17.2 Å². The van der Waals surface area contributed by atoms with Gasteiger partial charge in [-0.1, -0.05) is 238 Å². The number of fused-ring (bicyclic) bond motifs is 18. The Kier molecular flexibility index (Phi) is 16.4. The molecule has 0 radical (unpaired) electrons. The van der Waals surface area contributed by atoms with Gasteiger partial charge in [0.05, 0.1) is 71.9 Å². The minimum atomic E-state index is 0.369. The van der Waals surface area contributed by atoms with E-state index in [2.05, 4.69) is 405 Å². The van der Waals surface area contributed by atoms with Crippen molar-refractivity contribution in [3.63, 3.8) is 0 Å². The van der Waals surface area contributed by atoms with Gasteiger partial charge in [-0.05, 0) is 190 Å². The molecular formula is C111H76N6O3. The Hall–Kier alpha value is -15.8. The summed E-state index contributed by atoms with van der Waals surface area (Å²) in [5.74, 6) is 2.18. The van der Waals surface area contributed by atoms with Crippen LogP contribution in [-0.4, -0.2) is 27.4 Å². The molecule has 17 aromatic carbocycles. The molecule has 0 saturated heterocycles. The molecule has 0 spiro atoms. The van der Waals surface area contributed by atoms with E-state index < -0.39 is 0 Å². The summed E-state index contributed by atoms with van der Waals surface area (Å²) in [7, 11) is 0. The van der Waals surface area contributed by atoms with Crippen molar-refractivity contribution < 1.29 is 14.2 Å². The molecule has 9 nitrogen and oxygen atoms in total. The Labute approximate surface area is 691 Å². The van der Waals surface area contributed by atoms with E-state index in [1.54, 1.807) is 0 Å². The molecule has 120 heavy (non-hydrogen) atoms. The quantitative estimate of drug-likeness (QED) is 0.0811. The standard InChI is InChI=1S/C111H76N6O3/c1-4-71-34-40-74(41-35-71)68-118-85-21-19-20-79(60-85)112-108-54-48-80(113-100-28-13-7-22-88(100)89-23-8-14-29-101(89)113)63-96(108)97-65-82(49-55-109(97)112)115-104-32-17-11-26-92(104)94-58-77(46-52-106(94)115)78-47-53-107-95(59-78)93-27-12-18-33-105(93)116(107)83-51-57-111-99(66-83)98-64-81(114-102-30-15-9-24-90(102)91-25-10-16-31-103(91)114)50-56-110(98)117(111)84-61-86(119-69-75-42-36-72(5-2)37-43-75)67-87(62-84)120-70-76-44-38-73(6-3)39-45-76/h4-67H,1-3,68-70H2. The molecule has 6 heterocycles. The van der Waals surface area contributed by atoms with E-state index in [0.717, 1.165) is 161 Å². The molecule has 0 unspecified atom stereocenters. The third-order valence-electron chi connectivity index (χ3n) is 24.4. The maximum absolute atomic E-state index is 6.78. The molecule has 0 fully saturated rings. The number of nitrogens with zero attached hydrogens (tertiary/aromatic N) is 6. The van der Waals surface area contributed by atoms with Crippen LogP contribution in [-0.2, 0) is 19.8 Å². The molecule has 0 aliphatic carbocycles. The number of para-hydroxylation sites is 6. The lowest BCUT2D eigenvalue weighted by Crippen LogP contribution is -2.01. The number of aromatic nitrogens is 6. The fourth-order valence-electron chi connectivity index (χ4n) is 18.7. The molecule has 0 N–H and O–H groups in total. The second kappa shape index (κ2) is 28.3. The van der Waals surface area contributed by atoms with Gasteiger partial charge < -0.3 is 41.6 Å². The normalized spacial score (nSPS) is 11.9. The average Bonchev–Trinajstić information content (AvgIpc) is 1.57. The maximum atomic E-state index is 6.78. The predicted octanol–water partition coefficient (Wildman–Crippen LogP) is 28.6. The zero-order valence-corrected chi connectivity index (χ0v) is 65.6. The molecule has 9 heteroatoms. The Morgan fingerprint density at radius 2 is 0.425 bits per heavy atom.